The molecule has 1 N–H and O–H groups in total. The molecule has 0 aliphatic carbocycles. The summed E-state index contributed by atoms with van der Waals surface area (Å²) >= 11 is 0. The number of hydrogen-bond acceptors (Lipinski definition) is 6. The fourth-order valence-electron chi connectivity index (χ4n) is 5.13. The van der Waals surface area contributed by atoms with Crippen LogP contribution in [0.25, 0.3) is 0 Å². The molecule has 1 aromatic heterocycles. The number of aromatic nitrogens is 2. The molecule has 1 amide bonds. The number of aliphatic hydroxyl groups is 1. The van der Waals surface area contributed by atoms with Crippen LogP contribution in [0.2, 0.25) is 0 Å². The van der Waals surface area contributed by atoms with E-state index in [1.54, 1.807) is 27.5 Å². The average molecular weight is 415 g/mol. The fraction of sp³-hybridized carbons (Fsp3) is 0.545. The van der Waals surface area contributed by atoms with Gasteiger partial charge in [-0.05, 0) is 30.5 Å². The molecule has 3 atom stereocenters. The predicted molar refractivity (Wildman–Crippen MR) is 110 cm³/mol. The molecule has 1 aromatic carbocycles. The van der Waals surface area contributed by atoms with Crippen molar-refractivity contribution < 1.29 is 24.1 Å². The monoisotopic (exact) mass is 415 g/mol. The molecule has 1 unspecified atom stereocenters. The molecule has 8 heteroatoms. The van der Waals surface area contributed by atoms with Crippen LogP contribution in [-0.2, 0) is 23.9 Å². The maximum absolute atomic E-state index is 13.3. The van der Waals surface area contributed by atoms with E-state index >= 15 is 0 Å². The highest BCUT2D eigenvalue weighted by Gasteiger charge is 2.51. The van der Waals surface area contributed by atoms with Crippen molar-refractivity contribution >= 4 is 5.91 Å². The van der Waals surface area contributed by atoms with Gasteiger partial charge in [0.2, 0.25) is 11.7 Å². The van der Waals surface area contributed by atoms with Crippen LogP contribution in [0.5, 0.6) is 17.2 Å². The van der Waals surface area contributed by atoms with E-state index in [0.29, 0.717) is 35.9 Å². The van der Waals surface area contributed by atoms with Gasteiger partial charge in [0.05, 0.1) is 27.8 Å². The number of ether oxygens (including phenoxy) is 3. The maximum atomic E-state index is 13.3. The summed E-state index contributed by atoms with van der Waals surface area (Å²) in [7, 11) is 6.57. The Balaban J connectivity index is 1.54. The van der Waals surface area contributed by atoms with E-state index in [1.165, 1.54) is 0 Å². The molecule has 2 aliphatic rings. The smallest absolute Gasteiger partial charge is 0.227 e. The molecule has 2 saturated heterocycles. The highest BCUT2D eigenvalue weighted by atomic mass is 16.5. The summed E-state index contributed by atoms with van der Waals surface area (Å²) < 4.78 is 18.1. The first-order valence-electron chi connectivity index (χ1n) is 10.2. The van der Waals surface area contributed by atoms with Crippen molar-refractivity contribution in [2.75, 3.05) is 21.3 Å². The Morgan fingerprint density at radius 1 is 1.13 bits per heavy atom. The first kappa shape index (κ1) is 20.5. The van der Waals surface area contributed by atoms with Crippen molar-refractivity contribution in [2.45, 2.75) is 49.8 Å². The number of rotatable bonds is 6. The Kier molecular flexibility index (Phi) is 5.36. The molecule has 8 nitrogen and oxygen atoms in total. The molecule has 162 valence electrons. The number of fused-ring (bicyclic) bond motifs is 2. The van der Waals surface area contributed by atoms with Crippen LogP contribution in [0.15, 0.2) is 24.5 Å². The van der Waals surface area contributed by atoms with Crippen LogP contribution >= 0.6 is 0 Å². The van der Waals surface area contributed by atoms with Gasteiger partial charge in [-0.25, -0.2) is 4.98 Å². The molecule has 0 radical (unpaired) electrons. The SMILES string of the molecule is COc1cc(CC(=O)N2[C@@H]3CC[C@H]2CC(O)(c2nccn2C)C3)cc(OC)c1OC. The quantitative estimate of drug-likeness (QED) is 0.777. The third kappa shape index (κ3) is 3.39. The number of carbonyl (C=O) groups is 1. The Morgan fingerprint density at radius 2 is 1.73 bits per heavy atom. The van der Waals surface area contributed by atoms with Crippen LogP contribution < -0.4 is 14.2 Å². The summed E-state index contributed by atoms with van der Waals surface area (Å²) in [5, 5.41) is 11.3. The number of imidazole rings is 1. The van der Waals surface area contributed by atoms with Crippen LogP contribution in [0.4, 0.5) is 0 Å². The molecule has 2 fully saturated rings. The van der Waals surface area contributed by atoms with Gasteiger partial charge in [0.1, 0.15) is 11.4 Å². The highest BCUT2D eigenvalue weighted by molar-refractivity contribution is 5.80. The lowest BCUT2D eigenvalue weighted by molar-refractivity contribution is -0.141. The van der Waals surface area contributed by atoms with Gasteiger partial charge in [-0.3, -0.25) is 4.79 Å². The fourth-order valence-corrected chi connectivity index (χ4v) is 5.13. The Bertz CT molecular complexity index is 902. The van der Waals surface area contributed by atoms with Gasteiger partial charge in [-0.1, -0.05) is 0 Å². The van der Waals surface area contributed by atoms with Crippen LogP contribution in [0.1, 0.15) is 37.1 Å². The van der Waals surface area contributed by atoms with Gasteiger partial charge in [-0.2, -0.15) is 0 Å². The second-order valence-corrected chi connectivity index (χ2v) is 8.20. The topological polar surface area (TPSA) is 86.1 Å². The van der Waals surface area contributed by atoms with E-state index in [-0.39, 0.29) is 24.4 Å². The molecular formula is C22H29N3O5. The summed E-state index contributed by atoms with van der Waals surface area (Å²) in [6.45, 7) is 0. The van der Waals surface area contributed by atoms with Crippen molar-refractivity contribution in [3.8, 4) is 17.2 Å². The molecule has 0 spiro atoms. The predicted octanol–water partition coefficient (Wildman–Crippen LogP) is 2.03. The van der Waals surface area contributed by atoms with E-state index in [9.17, 15) is 9.90 Å². The third-order valence-corrected chi connectivity index (χ3v) is 6.37. The Labute approximate surface area is 176 Å². The second kappa shape index (κ2) is 7.83. The van der Waals surface area contributed by atoms with Crippen molar-refractivity contribution in [3.63, 3.8) is 0 Å². The molecule has 2 bridgehead atoms. The summed E-state index contributed by atoms with van der Waals surface area (Å²) in [6.07, 6.45) is 6.61. The zero-order valence-corrected chi connectivity index (χ0v) is 17.9. The summed E-state index contributed by atoms with van der Waals surface area (Å²) in [5.41, 5.74) is -0.188. The number of aryl methyl sites for hydroxylation is 1. The van der Waals surface area contributed by atoms with E-state index in [2.05, 4.69) is 4.98 Å². The van der Waals surface area contributed by atoms with Gasteiger partial charge in [0.15, 0.2) is 11.5 Å². The first-order chi connectivity index (χ1) is 14.4. The van der Waals surface area contributed by atoms with E-state index in [1.807, 2.05) is 34.8 Å². The minimum absolute atomic E-state index is 0.0139. The number of methoxy groups -OCH3 is 3. The van der Waals surface area contributed by atoms with Gasteiger partial charge in [0, 0.05) is 44.4 Å². The number of nitrogens with zero attached hydrogens (tertiary/aromatic N) is 3. The van der Waals surface area contributed by atoms with Crippen molar-refractivity contribution in [2.24, 2.45) is 7.05 Å². The summed E-state index contributed by atoms with van der Waals surface area (Å²) in [6, 6.07) is 3.66. The molecule has 30 heavy (non-hydrogen) atoms. The molecule has 2 aromatic rings. The lowest BCUT2D eigenvalue weighted by Crippen LogP contribution is -2.53. The minimum Gasteiger partial charge on any atom is -0.493 e. The highest BCUT2D eigenvalue weighted by Crippen LogP contribution is 2.45. The number of amides is 1. The van der Waals surface area contributed by atoms with Crippen LogP contribution in [0, 0.1) is 0 Å². The lowest BCUT2D eigenvalue weighted by atomic mass is 9.85. The van der Waals surface area contributed by atoms with E-state index in [4.69, 9.17) is 14.2 Å². The zero-order chi connectivity index (χ0) is 21.5. The summed E-state index contributed by atoms with van der Waals surface area (Å²) in [4.78, 5) is 19.6. The standard InChI is InChI=1S/C22H29N3O5/c1-24-8-7-23-21(24)22(27)12-15-5-6-16(13-22)25(15)19(26)11-14-9-17(28-2)20(30-4)18(10-14)29-3/h7-10,15-16,27H,5-6,11-13H2,1-4H3/t15-,16+,22?. The second-order valence-electron chi connectivity index (χ2n) is 8.20. The molecular weight excluding hydrogens is 386 g/mol. The molecule has 2 aliphatic heterocycles. The number of hydrogen-bond donors (Lipinski definition) is 1. The normalized spacial score (nSPS) is 25.3. The van der Waals surface area contributed by atoms with Gasteiger partial charge >= 0.3 is 0 Å². The molecule has 0 saturated carbocycles. The van der Waals surface area contributed by atoms with Gasteiger partial charge in [-0.15, -0.1) is 0 Å². The van der Waals surface area contributed by atoms with Gasteiger partial charge in [0.25, 0.3) is 0 Å². The summed E-state index contributed by atoms with van der Waals surface area (Å²) in [5.74, 6) is 2.31. The maximum Gasteiger partial charge on any atom is 0.227 e. The van der Waals surface area contributed by atoms with Crippen molar-refractivity contribution in [1.82, 2.24) is 14.5 Å². The number of benzene rings is 1. The Morgan fingerprint density at radius 3 is 2.20 bits per heavy atom. The lowest BCUT2D eigenvalue weighted by Gasteiger charge is -2.43. The van der Waals surface area contributed by atoms with Gasteiger partial charge < -0.3 is 28.8 Å². The number of piperidine rings is 1. The first-order valence-corrected chi connectivity index (χ1v) is 10.2. The third-order valence-electron chi connectivity index (χ3n) is 6.37. The average Bonchev–Trinajstić information content (AvgIpc) is 3.29. The zero-order valence-electron chi connectivity index (χ0n) is 17.9. The van der Waals surface area contributed by atoms with E-state index < -0.39 is 5.60 Å². The van der Waals surface area contributed by atoms with Crippen molar-refractivity contribution in [1.29, 1.82) is 0 Å². The number of carbonyl (C=O) groups excluding carboxylic acids is 1. The minimum atomic E-state index is -0.993. The largest absolute Gasteiger partial charge is 0.493 e. The van der Waals surface area contributed by atoms with E-state index in [0.717, 1.165) is 18.4 Å². The molecule has 3 heterocycles. The van der Waals surface area contributed by atoms with Crippen LogP contribution in [0.3, 0.4) is 0 Å². The van der Waals surface area contributed by atoms with Crippen LogP contribution in [-0.4, -0.2) is 58.9 Å². The van der Waals surface area contributed by atoms with Crippen molar-refractivity contribution in [3.05, 3.63) is 35.9 Å². The Hall–Kier alpha value is -2.74. The molecule has 4 rings (SSSR count).